The third kappa shape index (κ3) is 8.78. The van der Waals surface area contributed by atoms with Gasteiger partial charge < -0.3 is 104 Å². The lowest BCUT2D eigenvalue weighted by Crippen LogP contribution is -2.63. The Labute approximate surface area is 273 Å². The van der Waals surface area contributed by atoms with Gasteiger partial charge in [-0.15, -0.1) is 0 Å². The minimum absolute atomic E-state index is 0.176. The van der Waals surface area contributed by atoms with Crippen molar-refractivity contribution in [3.63, 3.8) is 0 Å². The zero-order chi connectivity index (χ0) is 35.4. The average Bonchev–Trinajstić information content (AvgIpc) is 3.08. The Morgan fingerprint density at radius 3 is 0.938 bits per heavy atom. The van der Waals surface area contributed by atoms with Gasteiger partial charge in [0.05, 0.1) is 26.4 Å². The highest BCUT2D eigenvalue weighted by molar-refractivity contribution is 4.94. The van der Waals surface area contributed by atoms with Gasteiger partial charge in [0.15, 0.2) is 25.2 Å². The lowest BCUT2D eigenvalue weighted by Gasteiger charge is -2.44. The maximum Gasteiger partial charge on any atom is 0.186 e. The number of aliphatic hydroxyl groups is 13. The van der Waals surface area contributed by atoms with Gasteiger partial charge in [0.2, 0.25) is 0 Å². The molecule has 0 unspecified atom stereocenters. The van der Waals surface area contributed by atoms with Gasteiger partial charge >= 0.3 is 0 Å². The van der Waals surface area contributed by atoms with Crippen molar-refractivity contribution < 1.29 is 104 Å². The van der Waals surface area contributed by atoms with Crippen LogP contribution in [0.4, 0.5) is 0 Å². The Bertz CT molecular complexity index is 964. The third-order valence-corrected chi connectivity index (χ3v) is 8.61. The van der Waals surface area contributed by atoms with Crippen molar-refractivity contribution in [3.05, 3.63) is 0 Å². The average molecular weight is 709 g/mol. The number of aliphatic hydroxyl groups excluding tert-OH is 13. The molecule has 0 aromatic carbocycles. The molecule has 48 heavy (non-hydrogen) atoms. The standard InChI is InChI=1S/C27H48O21/c1-2-3-41-24-20(37)17(34)13(30)9(46-24)5-43-26-22(39)19(36)15(32)11(48-26)7-44-27-23(40)18(35)14(31)10(47-27)6-42-25-21(38)16(33)12(29)8(4-28)45-25/h8-40H,2-7H2,1H3/t8-,9-,10-,11-,12-,13-,14-,15-,16+,17+,18+,19+,20-,21-,22-,23-,24+,25+,26+,27+/m1/s1. The molecule has 4 aliphatic heterocycles. The highest BCUT2D eigenvalue weighted by atomic mass is 16.8. The van der Waals surface area contributed by atoms with Crippen LogP contribution in [0.1, 0.15) is 13.3 Å². The highest BCUT2D eigenvalue weighted by Gasteiger charge is 2.50. The van der Waals surface area contributed by atoms with Crippen molar-refractivity contribution in [2.24, 2.45) is 0 Å². The monoisotopic (exact) mass is 708 g/mol. The summed E-state index contributed by atoms with van der Waals surface area (Å²) in [6, 6.07) is 0. The Morgan fingerprint density at radius 2 is 0.646 bits per heavy atom. The maximum absolute atomic E-state index is 10.5. The van der Waals surface area contributed by atoms with Crippen LogP contribution in [0.2, 0.25) is 0 Å². The zero-order valence-electron chi connectivity index (χ0n) is 25.9. The fraction of sp³-hybridized carbons (Fsp3) is 1.00. The van der Waals surface area contributed by atoms with Crippen molar-refractivity contribution in [3.8, 4) is 0 Å². The molecule has 0 aliphatic carbocycles. The normalized spacial score (nSPS) is 50.4. The van der Waals surface area contributed by atoms with Crippen LogP contribution < -0.4 is 0 Å². The summed E-state index contributed by atoms with van der Waals surface area (Å²) < 4.78 is 43.5. The first-order chi connectivity index (χ1) is 22.7. The molecule has 282 valence electrons. The van der Waals surface area contributed by atoms with Gasteiger partial charge in [-0.05, 0) is 6.42 Å². The van der Waals surface area contributed by atoms with E-state index >= 15 is 0 Å². The van der Waals surface area contributed by atoms with Crippen LogP contribution in [0.15, 0.2) is 0 Å². The lowest BCUT2D eigenvalue weighted by atomic mass is 9.98. The van der Waals surface area contributed by atoms with E-state index in [1.165, 1.54) is 0 Å². The Hall–Kier alpha value is -0.840. The van der Waals surface area contributed by atoms with Gasteiger partial charge in [0.25, 0.3) is 0 Å². The van der Waals surface area contributed by atoms with Crippen LogP contribution in [0, 0.1) is 0 Å². The molecule has 0 bridgehead atoms. The molecule has 4 saturated heterocycles. The molecule has 0 saturated carbocycles. The molecule has 0 radical (unpaired) electrons. The van der Waals surface area contributed by atoms with E-state index in [1.807, 2.05) is 0 Å². The quantitative estimate of drug-likeness (QED) is 0.0844. The molecule has 4 rings (SSSR count). The fourth-order valence-electron chi connectivity index (χ4n) is 5.58. The van der Waals surface area contributed by atoms with Gasteiger partial charge in [-0.3, -0.25) is 0 Å². The molecule has 4 aliphatic rings. The van der Waals surface area contributed by atoms with Crippen molar-refractivity contribution >= 4 is 0 Å². The lowest BCUT2D eigenvalue weighted by molar-refractivity contribution is -0.347. The Kier molecular flexibility index (Phi) is 14.6. The number of ether oxygens (including phenoxy) is 8. The molecular weight excluding hydrogens is 660 g/mol. The van der Waals surface area contributed by atoms with Crippen LogP contribution in [-0.4, -0.2) is 222 Å². The van der Waals surface area contributed by atoms with Crippen LogP contribution in [0.25, 0.3) is 0 Å². The Balaban J connectivity index is 1.33. The van der Waals surface area contributed by atoms with E-state index in [-0.39, 0.29) is 6.61 Å². The smallest absolute Gasteiger partial charge is 0.186 e. The zero-order valence-corrected chi connectivity index (χ0v) is 25.9. The van der Waals surface area contributed by atoms with Crippen LogP contribution in [0.3, 0.4) is 0 Å². The van der Waals surface area contributed by atoms with E-state index in [9.17, 15) is 66.4 Å². The highest BCUT2D eigenvalue weighted by Crippen LogP contribution is 2.29. The van der Waals surface area contributed by atoms with Crippen LogP contribution >= 0.6 is 0 Å². The predicted octanol–water partition coefficient (Wildman–Crippen LogP) is -8.31. The van der Waals surface area contributed by atoms with Gasteiger partial charge in [0, 0.05) is 6.61 Å². The third-order valence-electron chi connectivity index (χ3n) is 8.61. The summed E-state index contributed by atoms with van der Waals surface area (Å²) in [7, 11) is 0. The van der Waals surface area contributed by atoms with E-state index in [1.54, 1.807) is 6.92 Å². The van der Waals surface area contributed by atoms with E-state index in [4.69, 9.17) is 37.9 Å². The van der Waals surface area contributed by atoms with E-state index in [0.717, 1.165) is 0 Å². The number of hydrogen-bond acceptors (Lipinski definition) is 21. The van der Waals surface area contributed by atoms with Gasteiger partial charge in [-0.1, -0.05) is 6.92 Å². The minimum atomic E-state index is -1.87. The molecular formula is C27H48O21. The summed E-state index contributed by atoms with van der Waals surface area (Å²) in [5.74, 6) is 0. The molecule has 0 aromatic rings. The summed E-state index contributed by atoms with van der Waals surface area (Å²) in [6.07, 6.45) is -32.1. The van der Waals surface area contributed by atoms with Crippen molar-refractivity contribution in [1.82, 2.24) is 0 Å². The minimum Gasteiger partial charge on any atom is -0.394 e. The van der Waals surface area contributed by atoms with Gasteiger partial charge in [-0.25, -0.2) is 0 Å². The number of rotatable bonds is 13. The van der Waals surface area contributed by atoms with Gasteiger partial charge in [-0.2, -0.15) is 0 Å². The fourth-order valence-corrected chi connectivity index (χ4v) is 5.58. The molecule has 0 aromatic heterocycles. The second kappa shape index (κ2) is 17.6. The summed E-state index contributed by atoms with van der Waals surface area (Å²) in [4.78, 5) is 0. The topological polar surface area (TPSA) is 337 Å². The van der Waals surface area contributed by atoms with Crippen molar-refractivity contribution in [1.29, 1.82) is 0 Å². The summed E-state index contributed by atoms with van der Waals surface area (Å²) in [5, 5.41) is 133. The summed E-state index contributed by atoms with van der Waals surface area (Å²) >= 11 is 0. The first-order valence-electron chi connectivity index (χ1n) is 15.6. The second-order valence-electron chi connectivity index (χ2n) is 12.1. The summed E-state index contributed by atoms with van der Waals surface area (Å²) in [5.41, 5.74) is 0. The van der Waals surface area contributed by atoms with Crippen LogP contribution in [0.5, 0.6) is 0 Å². The maximum atomic E-state index is 10.5. The largest absolute Gasteiger partial charge is 0.394 e. The van der Waals surface area contributed by atoms with Crippen LogP contribution in [-0.2, 0) is 37.9 Å². The van der Waals surface area contributed by atoms with Gasteiger partial charge in [0.1, 0.15) is 97.7 Å². The molecule has 4 fully saturated rings. The molecule has 20 atom stereocenters. The van der Waals surface area contributed by atoms with Crippen molar-refractivity contribution in [2.75, 3.05) is 33.0 Å². The molecule has 13 N–H and O–H groups in total. The van der Waals surface area contributed by atoms with E-state index in [0.29, 0.717) is 6.42 Å². The SMILES string of the molecule is CCCO[C@H]1O[C@H](CO[C@H]2O[C@H](CO[C@H]3O[C@H](CO[C@H]4O[C@H](CO)[C@@H](O)[C@H](O)[C@H]4O)[C@@H](O)[C@H](O)[C@H]3O)[C@@H](O)[C@H](O)[C@H]2O)[C@@H](O)[C@H](O)[C@H]1O. The first-order valence-corrected chi connectivity index (χ1v) is 15.6. The molecule has 21 nitrogen and oxygen atoms in total. The Morgan fingerprint density at radius 1 is 0.375 bits per heavy atom. The molecule has 0 spiro atoms. The summed E-state index contributed by atoms with van der Waals surface area (Å²) in [6.45, 7) is -0.567. The molecule has 0 amide bonds. The van der Waals surface area contributed by atoms with E-state index in [2.05, 4.69) is 0 Å². The molecule has 4 heterocycles. The van der Waals surface area contributed by atoms with Crippen molar-refractivity contribution in [2.45, 2.75) is 136 Å². The van der Waals surface area contributed by atoms with E-state index < -0.39 is 149 Å². The number of hydrogen-bond donors (Lipinski definition) is 13. The predicted molar refractivity (Wildman–Crippen MR) is 148 cm³/mol. The first kappa shape index (κ1) is 39.9. The molecule has 21 heteroatoms. The second-order valence-corrected chi connectivity index (χ2v) is 12.1.